The first-order valence-electron chi connectivity index (χ1n) is 9.95. The highest BCUT2D eigenvalue weighted by atomic mass is 16.3. The normalized spacial score (nSPS) is 25.0. The number of fused-ring (bicyclic) bond motifs is 1. The van der Waals surface area contributed by atoms with Crippen molar-refractivity contribution in [2.24, 2.45) is 4.99 Å². The van der Waals surface area contributed by atoms with Crippen LogP contribution >= 0.6 is 0 Å². The molecule has 0 aliphatic carbocycles. The van der Waals surface area contributed by atoms with Gasteiger partial charge in [-0.05, 0) is 24.6 Å². The van der Waals surface area contributed by atoms with Gasteiger partial charge in [0.15, 0.2) is 11.9 Å². The van der Waals surface area contributed by atoms with Crippen LogP contribution in [0.1, 0.15) is 36.5 Å². The van der Waals surface area contributed by atoms with E-state index in [1.165, 1.54) is 4.90 Å². The minimum absolute atomic E-state index is 0.291. The summed E-state index contributed by atoms with van der Waals surface area (Å²) in [4.78, 5) is 30.1. The second kappa shape index (κ2) is 7.43. The van der Waals surface area contributed by atoms with E-state index in [2.05, 4.69) is 17.2 Å². The first kappa shape index (κ1) is 19.9. The fourth-order valence-corrected chi connectivity index (χ4v) is 3.93. The highest BCUT2D eigenvalue weighted by Gasteiger charge is 2.42. The summed E-state index contributed by atoms with van der Waals surface area (Å²) in [6.07, 6.45) is 1.69. The van der Waals surface area contributed by atoms with Crippen molar-refractivity contribution >= 4 is 23.6 Å². The number of hydrogen-bond donors (Lipinski definition) is 2. The molecule has 2 atom stereocenters. The Bertz CT molecular complexity index is 1110. The van der Waals surface area contributed by atoms with Gasteiger partial charge in [-0.1, -0.05) is 49.1 Å². The van der Waals surface area contributed by atoms with E-state index in [1.54, 1.807) is 7.05 Å². The molecule has 2 aliphatic heterocycles. The lowest BCUT2D eigenvalue weighted by Gasteiger charge is -2.36. The van der Waals surface area contributed by atoms with Gasteiger partial charge in [-0.25, -0.2) is 4.99 Å². The van der Waals surface area contributed by atoms with Gasteiger partial charge >= 0.3 is 0 Å². The Hall–Kier alpha value is -3.43. The lowest BCUT2D eigenvalue weighted by atomic mass is 9.91. The van der Waals surface area contributed by atoms with E-state index < -0.39 is 11.3 Å². The third kappa shape index (κ3) is 3.27. The summed E-state index contributed by atoms with van der Waals surface area (Å²) in [6.45, 7) is 2.48. The number of hydrogen-bond acceptors (Lipinski definition) is 5. The van der Waals surface area contributed by atoms with Gasteiger partial charge in [-0.3, -0.25) is 9.59 Å². The van der Waals surface area contributed by atoms with Gasteiger partial charge in [-0.15, -0.1) is 0 Å². The van der Waals surface area contributed by atoms with Crippen LogP contribution in [0.25, 0.3) is 0 Å². The van der Waals surface area contributed by atoms with E-state index in [1.807, 2.05) is 55.5 Å². The van der Waals surface area contributed by atoms with Crippen LogP contribution in [0.3, 0.4) is 0 Å². The molecule has 0 bridgehead atoms. The topological polar surface area (TPSA) is 82.0 Å². The van der Waals surface area contributed by atoms with E-state index in [0.29, 0.717) is 30.7 Å². The second-order valence-corrected chi connectivity index (χ2v) is 7.67. The van der Waals surface area contributed by atoms with Crippen molar-refractivity contribution in [3.8, 4) is 11.8 Å². The van der Waals surface area contributed by atoms with Crippen LogP contribution in [0.15, 0.2) is 53.5 Å². The summed E-state index contributed by atoms with van der Waals surface area (Å²) in [7, 11) is 1.66. The van der Waals surface area contributed by atoms with E-state index in [4.69, 9.17) is 4.99 Å². The average molecular weight is 401 g/mol. The largest absolute Gasteiger partial charge is 0.369 e. The quantitative estimate of drug-likeness (QED) is 0.611. The molecule has 30 heavy (non-hydrogen) atoms. The van der Waals surface area contributed by atoms with Crippen molar-refractivity contribution in [1.82, 2.24) is 4.90 Å². The van der Waals surface area contributed by atoms with Crippen LogP contribution in [0.5, 0.6) is 0 Å². The van der Waals surface area contributed by atoms with Crippen molar-refractivity contribution in [1.29, 1.82) is 0 Å². The number of carbonyl (C=O) groups excluding carboxylic acids is 2. The molecule has 2 heterocycles. The highest BCUT2D eigenvalue weighted by Crippen LogP contribution is 2.37. The van der Waals surface area contributed by atoms with E-state index in [0.717, 1.165) is 23.1 Å². The Balaban J connectivity index is 1.73. The zero-order valence-electron chi connectivity index (χ0n) is 17.0. The van der Waals surface area contributed by atoms with Crippen molar-refractivity contribution < 1.29 is 14.7 Å². The molecule has 152 valence electrons. The summed E-state index contributed by atoms with van der Waals surface area (Å²) in [5.74, 6) is 5.33. The number of benzene rings is 2. The third-order valence-corrected chi connectivity index (χ3v) is 5.74. The lowest BCUT2D eigenvalue weighted by Crippen LogP contribution is -2.38. The van der Waals surface area contributed by atoms with Gasteiger partial charge in [0.1, 0.15) is 5.71 Å². The molecular formula is C24H23N3O3. The number of amides is 1. The number of likely N-dealkylation sites (tertiary alicyclic amines) is 1. The Kier molecular flexibility index (Phi) is 4.92. The maximum atomic E-state index is 12.2. The highest BCUT2D eigenvalue weighted by molar-refractivity contribution is 6.38. The smallest absolute Gasteiger partial charge is 0.267 e. The van der Waals surface area contributed by atoms with Crippen molar-refractivity contribution in [3.63, 3.8) is 0 Å². The summed E-state index contributed by atoms with van der Waals surface area (Å²) in [5, 5.41) is 14.0. The van der Waals surface area contributed by atoms with E-state index >= 15 is 0 Å². The molecule has 2 aromatic rings. The van der Waals surface area contributed by atoms with Gasteiger partial charge in [0.2, 0.25) is 5.60 Å². The molecule has 2 aromatic carbocycles. The molecule has 1 unspecified atom stereocenters. The number of nitrogens with zero attached hydrogens (tertiary/aromatic N) is 2. The molecule has 6 nitrogen and oxygen atoms in total. The van der Waals surface area contributed by atoms with E-state index in [-0.39, 0.29) is 5.91 Å². The summed E-state index contributed by atoms with van der Waals surface area (Å²) >= 11 is 0. The molecule has 4 rings (SSSR count). The van der Waals surface area contributed by atoms with Gasteiger partial charge in [-0.2, -0.15) is 0 Å². The lowest BCUT2D eigenvalue weighted by molar-refractivity contribution is -0.137. The second-order valence-electron chi connectivity index (χ2n) is 7.67. The molecular weight excluding hydrogens is 378 g/mol. The Labute approximate surface area is 175 Å². The Morgan fingerprint density at radius 2 is 2.07 bits per heavy atom. The standard InChI is InChI=1S/C24H23N3O3/c1-3-24(25-20-10-5-4-9-19(20)21(16-28)26-24)18-8-6-7-17(15-18)11-12-23(30)13-14-27(2)22(23)29/h4-10,15-16,25,30H,3,13-14H2,1-2H3/t23-,24?/m0/s1. The zero-order valence-corrected chi connectivity index (χ0v) is 17.0. The van der Waals surface area contributed by atoms with E-state index in [9.17, 15) is 14.7 Å². The molecule has 1 amide bonds. The van der Waals surface area contributed by atoms with Crippen LogP contribution in [0.2, 0.25) is 0 Å². The van der Waals surface area contributed by atoms with Crippen molar-refractivity contribution in [2.75, 3.05) is 18.9 Å². The molecule has 0 saturated carbocycles. The Morgan fingerprint density at radius 1 is 1.27 bits per heavy atom. The molecule has 0 aromatic heterocycles. The molecule has 2 aliphatic rings. The number of rotatable bonds is 3. The van der Waals surface area contributed by atoms with Crippen LogP contribution in [-0.4, -0.2) is 47.1 Å². The van der Waals surface area contributed by atoms with Crippen molar-refractivity contribution in [2.45, 2.75) is 31.0 Å². The van der Waals surface area contributed by atoms with Crippen molar-refractivity contribution in [3.05, 3.63) is 65.2 Å². The molecule has 6 heteroatoms. The number of likely N-dealkylation sites (N-methyl/N-ethyl adjacent to an activating group) is 1. The van der Waals surface area contributed by atoms with Crippen LogP contribution in [0, 0.1) is 11.8 Å². The predicted molar refractivity (Wildman–Crippen MR) is 115 cm³/mol. The maximum Gasteiger partial charge on any atom is 0.267 e. The first-order chi connectivity index (χ1) is 14.4. The summed E-state index contributed by atoms with van der Waals surface area (Å²) in [5.41, 5.74) is 1.10. The molecule has 0 spiro atoms. The average Bonchev–Trinajstić information content (AvgIpc) is 3.05. The van der Waals surface area contributed by atoms with Crippen LogP contribution in [0.4, 0.5) is 5.69 Å². The fourth-order valence-electron chi connectivity index (χ4n) is 3.93. The fraction of sp³-hybridized carbons (Fsp3) is 0.292. The van der Waals surface area contributed by atoms with Crippen LogP contribution in [-0.2, 0) is 15.3 Å². The minimum atomic E-state index is -1.64. The predicted octanol–water partition coefficient (Wildman–Crippen LogP) is 2.31. The molecule has 1 saturated heterocycles. The Morgan fingerprint density at radius 3 is 2.77 bits per heavy atom. The number of aliphatic hydroxyl groups is 1. The number of aldehydes is 1. The summed E-state index contributed by atoms with van der Waals surface area (Å²) in [6, 6.07) is 15.1. The third-order valence-electron chi connectivity index (χ3n) is 5.74. The monoisotopic (exact) mass is 401 g/mol. The number of carbonyl (C=O) groups is 2. The number of anilines is 1. The number of aliphatic imine (C=N–C) groups is 1. The van der Waals surface area contributed by atoms with Gasteiger partial charge in [0.25, 0.3) is 5.91 Å². The molecule has 1 fully saturated rings. The van der Waals surface area contributed by atoms with Gasteiger partial charge in [0, 0.05) is 42.4 Å². The first-order valence-corrected chi connectivity index (χ1v) is 9.95. The van der Waals surface area contributed by atoms with Gasteiger partial charge < -0.3 is 15.3 Å². The SMILES string of the molecule is CCC1(c2cccc(C#C[C@]3(O)CCN(C)C3=O)c2)N=C(C=O)c2ccccc2N1. The van der Waals surface area contributed by atoms with Gasteiger partial charge in [0.05, 0.1) is 0 Å². The number of para-hydroxylation sites is 1. The maximum absolute atomic E-state index is 12.2. The summed E-state index contributed by atoms with van der Waals surface area (Å²) < 4.78 is 0. The number of nitrogens with one attached hydrogen (secondary N) is 1. The zero-order chi connectivity index (χ0) is 21.4. The van der Waals surface area contributed by atoms with Crippen LogP contribution < -0.4 is 5.32 Å². The molecule has 0 radical (unpaired) electrons. The molecule has 2 N–H and O–H groups in total. The minimum Gasteiger partial charge on any atom is -0.369 e.